The SMILES string of the molecule is CCC1(CNC(C)c2nccs2)CC1. The van der Waals surface area contributed by atoms with Crippen molar-refractivity contribution in [2.45, 2.75) is 39.2 Å². The fourth-order valence-corrected chi connectivity index (χ4v) is 2.41. The van der Waals surface area contributed by atoms with Crippen molar-refractivity contribution < 1.29 is 0 Å². The Morgan fingerprint density at radius 3 is 2.93 bits per heavy atom. The maximum Gasteiger partial charge on any atom is 0.109 e. The molecule has 1 heterocycles. The van der Waals surface area contributed by atoms with Gasteiger partial charge in [0.1, 0.15) is 5.01 Å². The fourth-order valence-electron chi connectivity index (χ4n) is 1.74. The van der Waals surface area contributed by atoms with E-state index in [-0.39, 0.29) is 0 Å². The molecule has 14 heavy (non-hydrogen) atoms. The van der Waals surface area contributed by atoms with E-state index in [9.17, 15) is 0 Å². The van der Waals surface area contributed by atoms with Gasteiger partial charge in [0.15, 0.2) is 0 Å². The van der Waals surface area contributed by atoms with Crippen molar-refractivity contribution in [3.63, 3.8) is 0 Å². The molecule has 78 valence electrons. The third kappa shape index (κ3) is 2.15. The van der Waals surface area contributed by atoms with E-state index in [1.54, 1.807) is 11.3 Å². The second kappa shape index (κ2) is 3.99. The Labute approximate surface area is 89.8 Å². The first-order valence-corrected chi connectivity index (χ1v) is 6.26. The summed E-state index contributed by atoms with van der Waals surface area (Å²) in [6.45, 7) is 5.65. The topological polar surface area (TPSA) is 24.9 Å². The predicted octanol–water partition coefficient (Wildman–Crippen LogP) is 2.98. The highest BCUT2D eigenvalue weighted by atomic mass is 32.1. The van der Waals surface area contributed by atoms with Crippen LogP contribution in [0.5, 0.6) is 0 Å². The van der Waals surface area contributed by atoms with E-state index < -0.39 is 0 Å². The summed E-state index contributed by atoms with van der Waals surface area (Å²) in [4.78, 5) is 4.32. The highest BCUT2D eigenvalue weighted by Crippen LogP contribution is 2.48. The van der Waals surface area contributed by atoms with Gasteiger partial charge in [-0.2, -0.15) is 0 Å². The lowest BCUT2D eigenvalue weighted by Gasteiger charge is -2.17. The van der Waals surface area contributed by atoms with Crippen LogP contribution in [0.25, 0.3) is 0 Å². The Morgan fingerprint density at radius 1 is 1.64 bits per heavy atom. The van der Waals surface area contributed by atoms with Gasteiger partial charge in [-0.15, -0.1) is 11.3 Å². The van der Waals surface area contributed by atoms with Gasteiger partial charge < -0.3 is 5.32 Å². The van der Waals surface area contributed by atoms with Crippen molar-refractivity contribution in [3.05, 3.63) is 16.6 Å². The summed E-state index contributed by atoms with van der Waals surface area (Å²) in [5.41, 5.74) is 0.630. The lowest BCUT2D eigenvalue weighted by Crippen LogP contribution is -2.26. The monoisotopic (exact) mass is 210 g/mol. The zero-order chi connectivity index (χ0) is 10.0. The molecule has 0 radical (unpaired) electrons. The van der Waals surface area contributed by atoms with Gasteiger partial charge in [-0.3, -0.25) is 0 Å². The van der Waals surface area contributed by atoms with Gasteiger partial charge in [-0.25, -0.2) is 4.98 Å². The highest BCUT2D eigenvalue weighted by molar-refractivity contribution is 7.09. The third-order valence-corrected chi connectivity index (χ3v) is 4.27. The summed E-state index contributed by atoms with van der Waals surface area (Å²) >= 11 is 1.74. The molecule has 1 aromatic rings. The molecule has 1 aliphatic rings. The standard InChI is InChI=1S/C11H18N2S/c1-3-11(4-5-11)8-13-9(2)10-12-6-7-14-10/h6-7,9,13H,3-5,8H2,1-2H3. The van der Waals surface area contributed by atoms with E-state index in [1.807, 2.05) is 11.6 Å². The number of nitrogens with one attached hydrogen (secondary N) is 1. The second-order valence-electron chi connectivity index (χ2n) is 4.33. The van der Waals surface area contributed by atoms with Crippen LogP contribution in [-0.2, 0) is 0 Å². The van der Waals surface area contributed by atoms with E-state index in [4.69, 9.17) is 0 Å². The summed E-state index contributed by atoms with van der Waals surface area (Å²) in [7, 11) is 0. The summed E-state index contributed by atoms with van der Waals surface area (Å²) in [6.07, 6.45) is 6.00. The molecule has 0 aliphatic heterocycles. The minimum absolute atomic E-state index is 0.416. The Bertz CT molecular complexity index is 277. The van der Waals surface area contributed by atoms with Crippen LogP contribution in [0.2, 0.25) is 0 Å². The summed E-state index contributed by atoms with van der Waals surface area (Å²) in [5.74, 6) is 0. The number of hydrogen-bond donors (Lipinski definition) is 1. The van der Waals surface area contributed by atoms with Gasteiger partial charge in [0.05, 0.1) is 6.04 Å². The van der Waals surface area contributed by atoms with E-state index in [0.29, 0.717) is 11.5 Å². The lowest BCUT2D eigenvalue weighted by atomic mass is 10.0. The van der Waals surface area contributed by atoms with Crippen molar-refractivity contribution >= 4 is 11.3 Å². The number of rotatable bonds is 5. The summed E-state index contributed by atoms with van der Waals surface area (Å²) in [6, 6.07) is 0.416. The third-order valence-electron chi connectivity index (χ3n) is 3.31. The zero-order valence-corrected chi connectivity index (χ0v) is 9.73. The smallest absolute Gasteiger partial charge is 0.109 e. The van der Waals surface area contributed by atoms with E-state index >= 15 is 0 Å². The van der Waals surface area contributed by atoms with Crippen LogP contribution >= 0.6 is 11.3 Å². The number of hydrogen-bond acceptors (Lipinski definition) is 3. The molecule has 1 saturated carbocycles. The molecule has 3 heteroatoms. The fraction of sp³-hybridized carbons (Fsp3) is 0.727. The van der Waals surface area contributed by atoms with E-state index in [2.05, 4.69) is 24.1 Å². The molecule has 1 unspecified atom stereocenters. The van der Waals surface area contributed by atoms with Crippen LogP contribution < -0.4 is 5.32 Å². The quantitative estimate of drug-likeness (QED) is 0.808. The van der Waals surface area contributed by atoms with Crippen molar-refractivity contribution in [3.8, 4) is 0 Å². The van der Waals surface area contributed by atoms with Crippen LogP contribution in [-0.4, -0.2) is 11.5 Å². The molecule has 0 bridgehead atoms. The maximum absolute atomic E-state index is 4.32. The minimum atomic E-state index is 0.416. The Kier molecular flexibility index (Phi) is 2.88. The largest absolute Gasteiger partial charge is 0.308 e. The second-order valence-corrected chi connectivity index (χ2v) is 5.25. The minimum Gasteiger partial charge on any atom is -0.308 e. The molecule has 0 saturated heterocycles. The van der Waals surface area contributed by atoms with Crippen molar-refractivity contribution in [2.24, 2.45) is 5.41 Å². The van der Waals surface area contributed by atoms with Crippen LogP contribution in [0.3, 0.4) is 0 Å². The van der Waals surface area contributed by atoms with E-state index in [0.717, 1.165) is 6.54 Å². The van der Waals surface area contributed by atoms with Crippen LogP contribution in [0.1, 0.15) is 44.2 Å². The normalized spacial score (nSPS) is 20.7. The highest BCUT2D eigenvalue weighted by Gasteiger charge is 2.40. The molecule has 2 nitrogen and oxygen atoms in total. The molecule has 1 N–H and O–H groups in total. The van der Waals surface area contributed by atoms with Crippen molar-refractivity contribution in [1.29, 1.82) is 0 Å². The number of aromatic nitrogens is 1. The Hall–Kier alpha value is -0.410. The molecule has 0 spiro atoms. The average Bonchev–Trinajstić information content (AvgIpc) is 2.78. The molecule has 0 aromatic carbocycles. The summed E-state index contributed by atoms with van der Waals surface area (Å²) < 4.78 is 0. The zero-order valence-electron chi connectivity index (χ0n) is 8.92. The first-order valence-electron chi connectivity index (χ1n) is 5.38. The number of nitrogens with zero attached hydrogens (tertiary/aromatic N) is 1. The van der Waals surface area contributed by atoms with Crippen molar-refractivity contribution in [1.82, 2.24) is 10.3 Å². The average molecular weight is 210 g/mol. The summed E-state index contributed by atoms with van der Waals surface area (Å²) in [5, 5.41) is 6.83. The van der Waals surface area contributed by atoms with Gasteiger partial charge in [-0.1, -0.05) is 6.92 Å². The molecule has 1 fully saturated rings. The first-order chi connectivity index (χ1) is 6.76. The molecular weight excluding hydrogens is 192 g/mol. The van der Waals surface area contributed by atoms with Crippen molar-refractivity contribution in [2.75, 3.05) is 6.54 Å². The molecule has 2 rings (SSSR count). The Balaban J connectivity index is 1.81. The molecule has 1 aromatic heterocycles. The molecule has 0 amide bonds. The van der Waals surface area contributed by atoms with Gasteiger partial charge in [0.25, 0.3) is 0 Å². The Morgan fingerprint density at radius 2 is 2.43 bits per heavy atom. The molecule has 1 atom stereocenters. The molecular formula is C11H18N2S. The van der Waals surface area contributed by atoms with Crippen LogP contribution in [0, 0.1) is 5.41 Å². The maximum atomic E-state index is 4.32. The van der Waals surface area contributed by atoms with Gasteiger partial charge in [0.2, 0.25) is 0 Å². The van der Waals surface area contributed by atoms with Crippen LogP contribution in [0.4, 0.5) is 0 Å². The van der Waals surface area contributed by atoms with Gasteiger partial charge in [-0.05, 0) is 31.6 Å². The molecule has 1 aliphatic carbocycles. The van der Waals surface area contributed by atoms with Gasteiger partial charge in [0, 0.05) is 18.1 Å². The first kappa shape index (κ1) is 10.1. The van der Waals surface area contributed by atoms with E-state index in [1.165, 1.54) is 24.3 Å². The van der Waals surface area contributed by atoms with Crippen LogP contribution in [0.15, 0.2) is 11.6 Å². The number of thiazole rings is 1. The van der Waals surface area contributed by atoms with Gasteiger partial charge >= 0.3 is 0 Å². The predicted molar refractivity (Wildman–Crippen MR) is 60.5 cm³/mol. The lowest BCUT2D eigenvalue weighted by molar-refractivity contribution is 0.414.